The molecule has 1 aromatic carbocycles. The molecule has 0 amide bonds. The molecule has 0 atom stereocenters. The van der Waals surface area contributed by atoms with E-state index in [-0.39, 0.29) is 0 Å². The van der Waals surface area contributed by atoms with Crippen LogP contribution in [0.15, 0.2) is 30.3 Å². The summed E-state index contributed by atoms with van der Waals surface area (Å²) in [5.74, 6) is 0. The van der Waals surface area contributed by atoms with Crippen LogP contribution in [0.3, 0.4) is 0 Å². The van der Waals surface area contributed by atoms with Gasteiger partial charge in [-0.2, -0.15) is 0 Å². The molecule has 0 bridgehead atoms. The number of hydrogen-bond acceptors (Lipinski definition) is 0. The first kappa shape index (κ1) is 11.5. The van der Waals surface area contributed by atoms with Crippen molar-refractivity contribution in [1.82, 2.24) is 0 Å². The molecule has 1 aromatic rings. The standard InChI is InChI=1S/C13H22Si/c1-4-5-11-14(2,3)12-13-9-7-6-8-10-13/h6-10H,4-5,11-12H2,1-3H3. The van der Waals surface area contributed by atoms with Crippen LogP contribution in [-0.2, 0) is 6.04 Å². The molecule has 0 aliphatic heterocycles. The van der Waals surface area contributed by atoms with Gasteiger partial charge in [-0.1, -0.05) is 74.8 Å². The predicted molar refractivity (Wildman–Crippen MR) is 67.3 cm³/mol. The van der Waals surface area contributed by atoms with Crippen molar-refractivity contribution in [3.05, 3.63) is 35.9 Å². The molecule has 14 heavy (non-hydrogen) atoms. The fourth-order valence-electron chi connectivity index (χ4n) is 1.89. The third kappa shape index (κ3) is 4.10. The van der Waals surface area contributed by atoms with E-state index in [2.05, 4.69) is 50.3 Å². The lowest BCUT2D eigenvalue weighted by molar-refractivity contribution is 0.863. The third-order valence-electron chi connectivity index (χ3n) is 2.73. The summed E-state index contributed by atoms with van der Waals surface area (Å²) < 4.78 is 0. The van der Waals surface area contributed by atoms with Crippen LogP contribution in [-0.4, -0.2) is 8.07 Å². The van der Waals surface area contributed by atoms with Crippen LogP contribution in [0.25, 0.3) is 0 Å². The highest BCUT2D eigenvalue weighted by atomic mass is 28.3. The highest BCUT2D eigenvalue weighted by Crippen LogP contribution is 2.18. The van der Waals surface area contributed by atoms with Crippen molar-refractivity contribution >= 4 is 8.07 Å². The largest absolute Gasteiger partial charge is 0.0691 e. The highest BCUT2D eigenvalue weighted by Gasteiger charge is 2.19. The van der Waals surface area contributed by atoms with Crippen molar-refractivity contribution in [1.29, 1.82) is 0 Å². The quantitative estimate of drug-likeness (QED) is 0.631. The van der Waals surface area contributed by atoms with E-state index in [4.69, 9.17) is 0 Å². The average Bonchev–Trinajstić information content (AvgIpc) is 2.16. The molecule has 0 saturated heterocycles. The summed E-state index contributed by atoms with van der Waals surface area (Å²) in [6, 6.07) is 13.7. The molecular weight excluding hydrogens is 184 g/mol. The van der Waals surface area contributed by atoms with Gasteiger partial charge in [-0.25, -0.2) is 0 Å². The Balaban J connectivity index is 2.50. The summed E-state index contributed by atoms with van der Waals surface area (Å²) in [5, 5.41) is 0. The molecule has 0 aliphatic rings. The Morgan fingerprint density at radius 2 is 1.71 bits per heavy atom. The summed E-state index contributed by atoms with van der Waals surface area (Å²) in [5.41, 5.74) is 1.53. The van der Waals surface area contributed by atoms with Crippen LogP contribution >= 0.6 is 0 Å². The van der Waals surface area contributed by atoms with Gasteiger partial charge in [0.2, 0.25) is 0 Å². The molecule has 0 aliphatic carbocycles. The second-order valence-corrected chi connectivity index (χ2v) is 10.1. The Hall–Kier alpha value is -0.563. The number of rotatable bonds is 5. The molecule has 1 rings (SSSR count). The fraction of sp³-hybridized carbons (Fsp3) is 0.538. The van der Waals surface area contributed by atoms with E-state index < -0.39 is 8.07 Å². The van der Waals surface area contributed by atoms with Gasteiger partial charge in [0.1, 0.15) is 0 Å². The molecule has 0 aromatic heterocycles. The maximum Gasteiger partial charge on any atom is 0.0517 e. The molecule has 0 nitrogen and oxygen atoms in total. The SMILES string of the molecule is CCCC[Si](C)(C)Cc1ccccc1. The minimum Gasteiger partial charge on any atom is -0.0691 e. The Labute approximate surface area is 89.4 Å². The zero-order valence-electron chi connectivity index (χ0n) is 9.72. The third-order valence-corrected chi connectivity index (χ3v) is 5.81. The second kappa shape index (κ2) is 5.35. The first-order valence-corrected chi connectivity index (χ1v) is 9.09. The van der Waals surface area contributed by atoms with Gasteiger partial charge in [0, 0.05) is 0 Å². The summed E-state index contributed by atoms with van der Waals surface area (Å²) in [6.07, 6.45) is 2.75. The monoisotopic (exact) mass is 206 g/mol. The van der Waals surface area contributed by atoms with E-state index in [1.807, 2.05) is 0 Å². The smallest absolute Gasteiger partial charge is 0.0517 e. The number of hydrogen-bond donors (Lipinski definition) is 0. The van der Waals surface area contributed by atoms with Crippen LogP contribution in [0, 0.1) is 0 Å². The van der Waals surface area contributed by atoms with Gasteiger partial charge in [-0.3, -0.25) is 0 Å². The van der Waals surface area contributed by atoms with E-state index in [9.17, 15) is 0 Å². The number of unbranched alkanes of at least 4 members (excludes halogenated alkanes) is 1. The van der Waals surface area contributed by atoms with Crippen LogP contribution in [0.4, 0.5) is 0 Å². The van der Waals surface area contributed by atoms with Crippen molar-refractivity contribution < 1.29 is 0 Å². The van der Waals surface area contributed by atoms with Crippen LogP contribution in [0.5, 0.6) is 0 Å². The van der Waals surface area contributed by atoms with Crippen LogP contribution < -0.4 is 0 Å². The Bertz CT molecular complexity index is 251. The fourth-order valence-corrected chi connectivity index (χ4v) is 4.72. The maximum absolute atomic E-state index is 2.51. The topological polar surface area (TPSA) is 0 Å². The predicted octanol–water partition coefficient (Wildman–Crippen LogP) is 4.28. The van der Waals surface area contributed by atoms with Gasteiger partial charge in [-0.05, 0) is 6.04 Å². The van der Waals surface area contributed by atoms with Crippen molar-refractivity contribution in [3.63, 3.8) is 0 Å². The van der Waals surface area contributed by atoms with Gasteiger partial charge in [0.15, 0.2) is 0 Å². The Morgan fingerprint density at radius 1 is 1.07 bits per heavy atom. The minimum atomic E-state index is -0.965. The molecule has 78 valence electrons. The lowest BCUT2D eigenvalue weighted by atomic mass is 10.2. The Kier molecular flexibility index (Phi) is 4.40. The molecule has 0 spiro atoms. The van der Waals surface area contributed by atoms with Gasteiger partial charge in [0.05, 0.1) is 8.07 Å². The second-order valence-electron chi connectivity index (χ2n) is 4.93. The van der Waals surface area contributed by atoms with Crippen molar-refractivity contribution in [2.45, 2.75) is 44.9 Å². The van der Waals surface area contributed by atoms with Gasteiger partial charge < -0.3 is 0 Å². The number of benzene rings is 1. The van der Waals surface area contributed by atoms with Gasteiger partial charge in [-0.15, -0.1) is 0 Å². The molecule has 0 radical (unpaired) electrons. The van der Waals surface area contributed by atoms with Crippen LogP contribution in [0.2, 0.25) is 19.1 Å². The highest BCUT2D eigenvalue weighted by molar-refractivity contribution is 6.76. The van der Waals surface area contributed by atoms with E-state index in [1.165, 1.54) is 30.5 Å². The van der Waals surface area contributed by atoms with E-state index in [0.29, 0.717) is 0 Å². The zero-order valence-corrected chi connectivity index (χ0v) is 10.7. The van der Waals surface area contributed by atoms with E-state index in [0.717, 1.165) is 0 Å². The summed E-state index contributed by atoms with van der Waals surface area (Å²) >= 11 is 0. The van der Waals surface area contributed by atoms with Crippen molar-refractivity contribution in [3.8, 4) is 0 Å². The normalized spacial score (nSPS) is 11.6. The van der Waals surface area contributed by atoms with Gasteiger partial charge >= 0.3 is 0 Å². The van der Waals surface area contributed by atoms with E-state index >= 15 is 0 Å². The summed E-state index contributed by atoms with van der Waals surface area (Å²) in [6.45, 7) is 7.30. The Morgan fingerprint density at radius 3 is 2.29 bits per heavy atom. The summed E-state index contributed by atoms with van der Waals surface area (Å²) in [4.78, 5) is 0. The lowest BCUT2D eigenvalue weighted by Gasteiger charge is -2.22. The minimum absolute atomic E-state index is 0.965. The first-order valence-electron chi connectivity index (χ1n) is 5.68. The molecular formula is C13H22Si. The average molecular weight is 206 g/mol. The summed E-state index contributed by atoms with van der Waals surface area (Å²) in [7, 11) is -0.965. The molecule has 0 fully saturated rings. The molecule has 0 unspecified atom stereocenters. The molecule has 0 heterocycles. The maximum atomic E-state index is 2.51. The van der Waals surface area contributed by atoms with Crippen molar-refractivity contribution in [2.24, 2.45) is 0 Å². The van der Waals surface area contributed by atoms with Crippen molar-refractivity contribution in [2.75, 3.05) is 0 Å². The van der Waals surface area contributed by atoms with Gasteiger partial charge in [0.25, 0.3) is 0 Å². The van der Waals surface area contributed by atoms with E-state index in [1.54, 1.807) is 0 Å². The molecule has 1 heteroatoms. The first-order chi connectivity index (χ1) is 6.64. The molecule has 0 saturated carbocycles. The lowest BCUT2D eigenvalue weighted by Crippen LogP contribution is -2.28. The zero-order chi connectivity index (χ0) is 10.4. The van der Waals surface area contributed by atoms with Crippen LogP contribution in [0.1, 0.15) is 25.3 Å². The molecule has 0 N–H and O–H groups in total.